The maximum atomic E-state index is 13.0. The second-order valence-electron chi connectivity index (χ2n) is 11.8. The molecule has 2 heterocycles. The van der Waals surface area contributed by atoms with Gasteiger partial charge in [0.25, 0.3) is 0 Å². The fourth-order valence-electron chi connectivity index (χ4n) is 4.91. The topological polar surface area (TPSA) is 52.5 Å². The quantitative estimate of drug-likeness (QED) is 0.207. The standard InChI is InChI=1S/C31H41ClN2O3S/c1-7-36-29(35)31(5,6)18-27-28(38-30(2,3)4)25-17-24(37-20-23-9-8-16-33-23)14-15-26(25)34(27)19-21-10-12-22(32)13-11-21/h10-15,17,23,33H,7-9,16,18-20H2,1-6H3. The molecule has 1 aliphatic rings. The molecule has 0 amide bonds. The molecule has 2 aromatic carbocycles. The van der Waals surface area contributed by atoms with Crippen molar-refractivity contribution >= 4 is 40.2 Å². The van der Waals surface area contributed by atoms with Crippen LogP contribution in [-0.4, -0.2) is 41.1 Å². The largest absolute Gasteiger partial charge is 0.492 e. The van der Waals surface area contributed by atoms with E-state index in [0.29, 0.717) is 32.2 Å². The summed E-state index contributed by atoms with van der Waals surface area (Å²) in [5.41, 5.74) is 2.75. The van der Waals surface area contributed by atoms with Gasteiger partial charge in [0.05, 0.1) is 12.0 Å². The zero-order valence-electron chi connectivity index (χ0n) is 23.5. The molecule has 7 heteroatoms. The number of benzene rings is 2. The van der Waals surface area contributed by atoms with Gasteiger partial charge in [-0.1, -0.05) is 44.5 Å². The summed E-state index contributed by atoms with van der Waals surface area (Å²) in [5, 5.41) is 5.39. The Balaban J connectivity index is 1.83. The average Bonchev–Trinajstić information content (AvgIpc) is 3.46. The van der Waals surface area contributed by atoms with Crippen molar-refractivity contribution in [2.75, 3.05) is 19.8 Å². The predicted molar refractivity (Wildman–Crippen MR) is 159 cm³/mol. The van der Waals surface area contributed by atoms with Gasteiger partial charge in [-0.2, -0.15) is 0 Å². The van der Waals surface area contributed by atoms with Crippen molar-refractivity contribution in [2.24, 2.45) is 5.41 Å². The van der Waals surface area contributed by atoms with E-state index in [0.717, 1.165) is 45.9 Å². The van der Waals surface area contributed by atoms with Crippen LogP contribution in [0.4, 0.5) is 0 Å². The van der Waals surface area contributed by atoms with Crippen LogP contribution in [0.25, 0.3) is 10.9 Å². The summed E-state index contributed by atoms with van der Waals surface area (Å²) < 4.78 is 14.1. The van der Waals surface area contributed by atoms with E-state index in [1.54, 1.807) is 0 Å². The lowest BCUT2D eigenvalue weighted by atomic mass is 9.87. The van der Waals surface area contributed by atoms with E-state index in [-0.39, 0.29) is 10.7 Å². The lowest BCUT2D eigenvalue weighted by Gasteiger charge is -2.26. The van der Waals surface area contributed by atoms with Crippen molar-refractivity contribution in [1.82, 2.24) is 9.88 Å². The number of nitrogens with one attached hydrogen (secondary N) is 1. The number of fused-ring (bicyclic) bond motifs is 1. The zero-order chi connectivity index (χ0) is 27.5. The first-order valence-electron chi connectivity index (χ1n) is 13.6. The second kappa shape index (κ2) is 11.9. The molecule has 38 heavy (non-hydrogen) atoms. The maximum Gasteiger partial charge on any atom is 0.311 e. The monoisotopic (exact) mass is 556 g/mol. The minimum absolute atomic E-state index is 0.0210. The summed E-state index contributed by atoms with van der Waals surface area (Å²) in [6.07, 6.45) is 2.92. The van der Waals surface area contributed by atoms with Gasteiger partial charge in [-0.15, -0.1) is 11.8 Å². The van der Waals surface area contributed by atoms with E-state index in [9.17, 15) is 4.79 Å². The Bertz CT molecular complexity index is 1250. The molecule has 1 aromatic heterocycles. The summed E-state index contributed by atoms with van der Waals surface area (Å²) in [4.78, 5) is 14.2. The molecule has 5 nitrogen and oxygen atoms in total. The molecular formula is C31H41ClN2O3S. The van der Waals surface area contributed by atoms with E-state index in [1.807, 2.05) is 44.7 Å². The molecule has 1 aliphatic heterocycles. The highest BCUT2D eigenvalue weighted by Crippen LogP contribution is 2.44. The number of hydrogen-bond acceptors (Lipinski definition) is 5. The molecule has 4 rings (SSSR count). The highest BCUT2D eigenvalue weighted by molar-refractivity contribution is 8.00. The number of halogens is 1. The Labute approximate surface area is 236 Å². The van der Waals surface area contributed by atoms with E-state index in [1.165, 1.54) is 11.3 Å². The van der Waals surface area contributed by atoms with Gasteiger partial charge in [-0.3, -0.25) is 4.79 Å². The third kappa shape index (κ3) is 7.08. The number of carbonyl (C=O) groups is 1. The number of nitrogens with zero attached hydrogens (tertiary/aromatic N) is 1. The molecule has 0 radical (unpaired) electrons. The second-order valence-corrected chi connectivity index (χ2v) is 14.0. The van der Waals surface area contributed by atoms with Crippen LogP contribution in [0.5, 0.6) is 5.75 Å². The van der Waals surface area contributed by atoms with Crippen molar-refractivity contribution in [2.45, 2.75) is 83.0 Å². The van der Waals surface area contributed by atoms with Gasteiger partial charge in [-0.25, -0.2) is 0 Å². The van der Waals surface area contributed by atoms with Crippen LogP contribution in [0.3, 0.4) is 0 Å². The average molecular weight is 557 g/mol. The zero-order valence-corrected chi connectivity index (χ0v) is 25.1. The normalized spacial score (nSPS) is 16.2. The van der Waals surface area contributed by atoms with Gasteiger partial charge < -0.3 is 19.4 Å². The number of ether oxygens (including phenoxy) is 2. The number of hydrogen-bond donors (Lipinski definition) is 1. The van der Waals surface area contributed by atoms with Crippen LogP contribution in [0.15, 0.2) is 47.4 Å². The first-order valence-corrected chi connectivity index (χ1v) is 14.8. The van der Waals surface area contributed by atoms with Crippen LogP contribution in [-0.2, 0) is 22.5 Å². The summed E-state index contributed by atoms with van der Waals surface area (Å²) in [7, 11) is 0. The Morgan fingerprint density at radius 1 is 1.13 bits per heavy atom. The van der Waals surface area contributed by atoms with E-state index in [2.05, 4.69) is 61.0 Å². The molecule has 0 saturated carbocycles. The first-order chi connectivity index (χ1) is 18.0. The van der Waals surface area contributed by atoms with Crippen molar-refractivity contribution in [1.29, 1.82) is 0 Å². The van der Waals surface area contributed by atoms with Crippen LogP contribution < -0.4 is 10.1 Å². The van der Waals surface area contributed by atoms with E-state index >= 15 is 0 Å². The molecule has 0 aliphatic carbocycles. The van der Waals surface area contributed by atoms with Crippen LogP contribution in [0.1, 0.15) is 65.6 Å². The lowest BCUT2D eigenvalue weighted by Crippen LogP contribution is -2.30. The molecule has 3 aromatic rings. The van der Waals surface area contributed by atoms with Crippen molar-refractivity contribution in [3.8, 4) is 5.75 Å². The smallest absolute Gasteiger partial charge is 0.311 e. The number of aromatic nitrogens is 1. The van der Waals surface area contributed by atoms with Gasteiger partial charge in [0.2, 0.25) is 0 Å². The molecule has 0 bridgehead atoms. The Kier molecular flexibility index (Phi) is 9.06. The Hall–Kier alpha value is -2.15. The summed E-state index contributed by atoms with van der Waals surface area (Å²) >= 11 is 8.03. The van der Waals surface area contributed by atoms with E-state index < -0.39 is 5.41 Å². The minimum Gasteiger partial charge on any atom is -0.492 e. The van der Waals surface area contributed by atoms with Crippen LogP contribution in [0.2, 0.25) is 5.02 Å². The van der Waals surface area contributed by atoms with Crippen molar-refractivity contribution in [3.05, 3.63) is 58.7 Å². The predicted octanol–water partition coefficient (Wildman–Crippen LogP) is 7.50. The Morgan fingerprint density at radius 2 is 1.87 bits per heavy atom. The van der Waals surface area contributed by atoms with Crippen LogP contribution in [0, 0.1) is 5.41 Å². The third-order valence-electron chi connectivity index (χ3n) is 6.80. The first kappa shape index (κ1) is 28.8. The third-order valence-corrected chi connectivity index (χ3v) is 8.33. The van der Waals surface area contributed by atoms with Gasteiger partial charge in [0.15, 0.2) is 0 Å². The molecule has 1 N–H and O–H groups in total. The molecule has 1 atom stereocenters. The highest BCUT2D eigenvalue weighted by atomic mass is 35.5. The van der Waals surface area contributed by atoms with Crippen molar-refractivity contribution < 1.29 is 14.3 Å². The number of esters is 1. The Morgan fingerprint density at radius 3 is 2.50 bits per heavy atom. The maximum absolute atomic E-state index is 13.0. The highest BCUT2D eigenvalue weighted by Gasteiger charge is 2.34. The molecule has 1 unspecified atom stereocenters. The van der Waals surface area contributed by atoms with Gasteiger partial charge >= 0.3 is 5.97 Å². The summed E-state index contributed by atoms with van der Waals surface area (Å²) in [6.45, 7) is 15.3. The number of carbonyl (C=O) groups excluding carboxylic acids is 1. The number of rotatable bonds is 10. The van der Waals surface area contributed by atoms with Gasteiger partial charge in [-0.05, 0) is 76.1 Å². The molecular weight excluding hydrogens is 516 g/mol. The fraction of sp³-hybridized carbons (Fsp3) is 0.516. The fourth-order valence-corrected chi connectivity index (χ4v) is 6.22. The molecule has 1 fully saturated rings. The summed E-state index contributed by atoms with van der Waals surface area (Å²) in [5.74, 6) is 0.699. The minimum atomic E-state index is -0.678. The summed E-state index contributed by atoms with van der Waals surface area (Å²) in [6, 6.07) is 14.8. The van der Waals surface area contributed by atoms with E-state index in [4.69, 9.17) is 21.1 Å². The SMILES string of the molecule is CCOC(=O)C(C)(C)Cc1c(SC(C)(C)C)c2cc(OCC3CCCN3)ccc2n1Cc1ccc(Cl)cc1. The molecule has 0 spiro atoms. The van der Waals surface area contributed by atoms with Gasteiger partial charge in [0, 0.05) is 50.3 Å². The van der Waals surface area contributed by atoms with Gasteiger partial charge in [0.1, 0.15) is 12.4 Å². The lowest BCUT2D eigenvalue weighted by molar-refractivity contribution is -0.153. The molecule has 1 saturated heterocycles. The number of thioether (sulfide) groups is 1. The van der Waals surface area contributed by atoms with Crippen molar-refractivity contribution in [3.63, 3.8) is 0 Å². The molecule has 206 valence electrons. The van der Waals surface area contributed by atoms with Crippen LogP contribution >= 0.6 is 23.4 Å².